The molecule has 3 heteroatoms. The lowest BCUT2D eigenvalue weighted by molar-refractivity contribution is 0.768. The van der Waals surface area contributed by atoms with Gasteiger partial charge in [-0.05, 0) is 80.4 Å². The molecule has 10 rings (SSSR count). The fourth-order valence-corrected chi connectivity index (χ4v) is 8.99. The van der Waals surface area contributed by atoms with Crippen LogP contribution in [0, 0.1) is 0 Å². The van der Waals surface area contributed by atoms with Gasteiger partial charge in [0.1, 0.15) is 0 Å². The second-order valence-corrected chi connectivity index (χ2v) is 14.1. The highest BCUT2D eigenvalue weighted by atomic mass is 15.1. The maximum absolute atomic E-state index is 6.38. The lowest BCUT2D eigenvalue weighted by atomic mass is 9.67. The Labute approximate surface area is 321 Å². The van der Waals surface area contributed by atoms with E-state index in [9.17, 15) is 0 Å². The largest absolute Gasteiger partial charge is 0.323 e. The van der Waals surface area contributed by atoms with Crippen molar-refractivity contribution < 1.29 is 0 Å². The van der Waals surface area contributed by atoms with Crippen molar-refractivity contribution in [2.45, 2.75) is 5.41 Å². The predicted octanol–water partition coefficient (Wildman–Crippen LogP) is 11.9. The van der Waals surface area contributed by atoms with Gasteiger partial charge in [0.25, 0.3) is 0 Å². The van der Waals surface area contributed by atoms with E-state index >= 15 is 0 Å². The van der Waals surface area contributed by atoms with Crippen molar-refractivity contribution in [3.8, 4) is 16.8 Å². The smallest absolute Gasteiger partial charge is 0.0906 e. The molecular formula is C52H37N3. The monoisotopic (exact) mass is 703 g/mol. The summed E-state index contributed by atoms with van der Waals surface area (Å²) in [6.07, 6.45) is 2.17. The van der Waals surface area contributed by atoms with Gasteiger partial charge in [0.15, 0.2) is 0 Å². The van der Waals surface area contributed by atoms with Gasteiger partial charge < -0.3 is 10.4 Å². The number of hydrogen-bond acceptors (Lipinski definition) is 2. The summed E-state index contributed by atoms with van der Waals surface area (Å²) in [7, 11) is 0. The average molecular weight is 704 g/mol. The van der Waals surface area contributed by atoms with Crippen LogP contribution in [0.5, 0.6) is 0 Å². The topological polar surface area (TPSA) is 43.3 Å². The zero-order valence-electron chi connectivity index (χ0n) is 30.2. The van der Waals surface area contributed by atoms with Crippen LogP contribution in [0.4, 0.5) is 0 Å². The van der Waals surface area contributed by atoms with Crippen molar-refractivity contribution in [3.05, 3.63) is 251 Å². The summed E-state index contributed by atoms with van der Waals surface area (Å²) in [5, 5.41) is 6.94. The van der Waals surface area contributed by atoms with E-state index in [1.165, 1.54) is 44.2 Å². The first-order valence-corrected chi connectivity index (χ1v) is 18.8. The van der Waals surface area contributed by atoms with Gasteiger partial charge in [-0.25, -0.2) is 0 Å². The number of hydrazone groups is 1. The number of nitrogens with zero attached hydrogens (tertiary/aromatic N) is 2. The number of para-hydroxylation sites is 2. The Morgan fingerprint density at radius 2 is 1.02 bits per heavy atom. The maximum atomic E-state index is 6.38. The molecule has 0 atom stereocenters. The van der Waals surface area contributed by atoms with E-state index in [1.807, 2.05) is 0 Å². The molecule has 0 saturated heterocycles. The van der Waals surface area contributed by atoms with Crippen LogP contribution in [0.1, 0.15) is 38.9 Å². The number of rotatable bonds is 7. The summed E-state index contributed by atoms with van der Waals surface area (Å²) >= 11 is 0. The summed E-state index contributed by atoms with van der Waals surface area (Å²) in [4.78, 5) is 0. The van der Waals surface area contributed by atoms with Gasteiger partial charge in [-0.1, -0.05) is 182 Å². The number of aromatic nitrogens is 1. The molecular weight excluding hydrogens is 667 g/mol. The van der Waals surface area contributed by atoms with Crippen LogP contribution in [-0.2, 0) is 5.41 Å². The molecule has 0 unspecified atom stereocenters. The molecule has 2 N–H and O–H groups in total. The molecule has 1 aliphatic carbocycles. The van der Waals surface area contributed by atoms with Crippen molar-refractivity contribution >= 4 is 33.1 Å². The second kappa shape index (κ2) is 13.3. The number of fused-ring (bicyclic) bond motifs is 6. The molecule has 1 aliphatic rings. The molecule has 1 heterocycles. The van der Waals surface area contributed by atoms with Crippen LogP contribution in [-0.4, -0.2) is 10.3 Å². The second-order valence-electron chi connectivity index (χ2n) is 14.1. The molecule has 9 aromatic rings. The molecule has 0 bridgehead atoms. The third-order valence-corrected chi connectivity index (χ3v) is 11.3. The van der Waals surface area contributed by atoms with Crippen LogP contribution in [0.15, 0.2) is 217 Å². The van der Waals surface area contributed by atoms with Gasteiger partial charge in [0.2, 0.25) is 0 Å². The zero-order valence-corrected chi connectivity index (χ0v) is 30.2. The fourth-order valence-electron chi connectivity index (χ4n) is 8.99. The summed E-state index contributed by atoms with van der Waals surface area (Å²) in [5.41, 5.74) is 15.2. The van der Waals surface area contributed by atoms with E-state index < -0.39 is 5.41 Å². The molecule has 1 aromatic heterocycles. The third kappa shape index (κ3) is 5.09. The Morgan fingerprint density at radius 1 is 0.491 bits per heavy atom. The van der Waals surface area contributed by atoms with Gasteiger partial charge in [-0.2, -0.15) is 5.10 Å². The standard InChI is InChI=1S/C52H37N3/c53-54-48(37-20-16-25-40(34-37)55-49-32-14-11-26-41(49)42-27-12-15-33-50(42)55)35-45(36-18-4-1-5-19-36)43-29-17-31-47-51(43)44-28-10-13-30-46(44)52(47,38-21-6-2-7-22-38)39-23-8-3-9-24-39/h1-35H,53H2/b45-35+,54-48+. The summed E-state index contributed by atoms with van der Waals surface area (Å²) < 4.78 is 2.33. The first-order chi connectivity index (χ1) is 27.3. The minimum Gasteiger partial charge on any atom is -0.323 e. The van der Waals surface area contributed by atoms with E-state index in [-0.39, 0.29) is 0 Å². The molecule has 0 spiro atoms. The van der Waals surface area contributed by atoms with Gasteiger partial charge in [-0.3, -0.25) is 0 Å². The normalized spacial score (nSPS) is 13.5. The predicted molar refractivity (Wildman–Crippen MR) is 229 cm³/mol. The van der Waals surface area contributed by atoms with Gasteiger partial charge >= 0.3 is 0 Å². The van der Waals surface area contributed by atoms with Gasteiger partial charge in [0.05, 0.1) is 22.2 Å². The summed E-state index contributed by atoms with van der Waals surface area (Å²) in [6.45, 7) is 0. The molecule has 260 valence electrons. The fraction of sp³-hybridized carbons (Fsp3) is 0.0192. The van der Waals surface area contributed by atoms with E-state index in [1.54, 1.807) is 0 Å². The van der Waals surface area contributed by atoms with Gasteiger partial charge in [-0.15, -0.1) is 0 Å². The van der Waals surface area contributed by atoms with Crippen molar-refractivity contribution in [1.29, 1.82) is 0 Å². The van der Waals surface area contributed by atoms with Crippen LogP contribution < -0.4 is 5.84 Å². The highest BCUT2D eigenvalue weighted by Crippen LogP contribution is 2.57. The van der Waals surface area contributed by atoms with Crippen LogP contribution >= 0.6 is 0 Å². The lowest BCUT2D eigenvalue weighted by Crippen LogP contribution is -2.28. The van der Waals surface area contributed by atoms with Crippen LogP contribution in [0.2, 0.25) is 0 Å². The summed E-state index contributed by atoms with van der Waals surface area (Å²) in [6, 6.07) is 73.9. The number of nitrogens with two attached hydrogens (primary N) is 1. The van der Waals surface area contributed by atoms with E-state index in [0.717, 1.165) is 39.0 Å². The van der Waals surface area contributed by atoms with E-state index in [0.29, 0.717) is 5.71 Å². The molecule has 0 saturated carbocycles. The van der Waals surface area contributed by atoms with Crippen molar-refractivity contribution in [2.75, 3.05) is 0 Å². The number of allylic oxidation sites excluding steroid dienone is 1. The van der Waals surface area contributed by atoms with Crippen molar-refractivity contribution in [2.24, 2.45) is 10.9 Å². The maximum Gasteiger partial charge on any atom is 0.0906 e. The minimum atomic E-state index is -0.506. The third-order valence-electron chi connectivity index (χ3n) is 11.3. The zero-order chi connectivity index (χ0) is 36.8. The first kappa shape index (κ1) is 32.4. The highest BCUT2D eigenvalue weighted by Gasteiger charge is 2.46. The molecule has 0 radical (unpaired) electrons. The quantitative estimate of drug-likeness (QED) is 0.100. The molecule has 0 fully saturated rings. The Bertz CT molecular complexity index is 2830. The number of hydrogen-bond donors (Lipinski definition) is 1. The minimum absolute atomic E-state index is 0.506. The molecule has 8 aromatic carbocycles. The van der Waals surface area contributed by atoms with E-state index in [4.69, 9.17) is 5.84 Å². The molecule has 55 heavy (non-hydrogen) atoms. The number of benzene rings is 8. The summed E-state index contributed by atoms with van der Waals surface area (Å²) in [5.74, 6) is 6.38. The Balaban J connectivity index is 1.20. The lowest BCUT2D eigenvalue weighted by Gasteiger charge is -2.34. The highest BCUT2D eigenvalue weighted by molar-refractivity contribution is 6.15. The van der Waals surface area contributed by atoms with Crippen molar-refractivity contribution in [1.82, 2.24) is 4.57 Å². The van der Waals surface area contributed by atoms with Crippen LogP contribution in [0.25, 0.3) is 44.2 Å². The molecule has 0 aliphatic heterocycles. The molecule has 3 nitrogen and oxygen atoms in total. The Hall–Kier alpha value is -7.23. The first-order valence-electron chi connectivity index (χ1n) is 18.8. The Kier molecular flexibility index (Phi) is 7.85. The van der Waals surface area contributed by atoms with Crippen LogP contribution in [0.3, 0.4) is 0 Å². The molecule has 0 amide bonds. The SMILES string of the molecule is N/N=C(\C=C(/c1ccccc1)c1cccc2c1-c1ccccc1C2(c1ccccc1)c1ccccc1)c1cccc(-n2c3ccccc3c3ccccc32)c1. The Morgan fingerprint density at radius 3 is 1.67 bits per heavy atom. The average Bonchev–Trinajstić information content (AvgIpc) is 3.76. The van der Waals surface area contributed by atoms with Crippen molar-refractivity contribution in [3.63, 3.8) is 0 Å². The van der Waals surface area contributed by atoms with Gasteiger partial charge in [0, 0.05) is 22.0 Å². The van der Waals surface area contributed by atoms with E-state index in [2.05, 4.69) is 222 Å².